The maximum absolute atomic E-state index is 12.4. The van der Waals surface area contributed by atoms with E-state index in [1.54, 1.807) is 19.2 Å². The average Bonchev–Trinajstić information content (AvgIpc) is 2.71. The summed E-state index contributed by atoms with van der Waals surface area (Å²) in [4.78, 5) is 12.4. The fourth-order valence-electron chi connectivity index (χ4n) is 3.21. The zero-order valence-corrected chi connectivity index (χ0v) is 17.6. The number of carbonyl (C=O) groups is 1. The van der Waals surface area contributed by atoms with E-state index in [4.69, 9.17) is 9.47 Å². The van der Waals surface area contributed by atoms with E-state index >= 15 is 0 Å². The predicted octanol–water partition coefficient (Wildman–Crippen LogP) is 6.48. The van der Waals surface area contributed by atoms with Crippen LogP contribution in [0.3, 0.4) is 0 Å². The van der Waals surface area contributed by atoms with Gasteiger partial charge in [0, 0.05) is 11.3 Å². The quantitative estimate of drug-likeness (QED) is 0.525. The molecule has 0 saturated carbocycles. The molecule has 29 heavy (non-hydrogen) atoms. The fourth-order valence-corrected chi connectivity index (χ4v) is 3.21. The van der Waals surface area contributed by atoms with Gasteiger partial charge >= 0.3 is 0 Å². The first-order valence-electron chi connectivity index (χ1n) is 9.72. The Morgan fingerprint density at radius 3 is 2.14 bits per heavy atom. The van der Waals surface area contributed by atoms with E-state index in [9.17, 15) is 4.79 Å². The van der Waals surface area contributed by atoms with Crippen LogP contribution < -0.4 is 14.8 Å². The van der Waals surface area contributed by atoms with Gasteiger partial charge in [0.25, 0.3) is 5.91 Å². The third kappa shape index (κ3) is 4.77. The minimum Gasteiger partial charge on any atom is -0.493 e. The van der Waals surface area contributed by atoms with Crippen LogP contribution in [0.15, 0.2) is 60.7 Å². The molecule has 3 aromatic carbocycles. The van der Waals surface area contributed by atoms with Crippen LogP contribution >= 0.6 is 0 Å². The van der Waals surface area contributed by atoms with Crippen molar-refractivity contribution in [1.29, 1.82) is 0 Å². The van der Waals surface area contributed by atoms with Crippen molar-refractivity contribution in [3.05, 3.63) is 82.9 Å². The lowest BCUT2D eigenvalue weighted by molar-refractivity contribution is 0.102. The summed E-state index contributed by atoms with van der Waals surface area (Å²) in [6, 6.07) is 19.0. The maximum atomic E-state index is 12.4. The molecule has 0 saturated heterocycles. The van der Waals surface area contributed by atoms with Crippen LogP contribution in [0, 0.1) is 13.8 Å². The van der Waals surface area contributed by atoms with E-state index in [-0.39, 0.29) is 5.91 Å². The Morgan fingerprint density at radius 2 is 1.55 bits per heavy atom. The summed E-state index contributed by atoms with van der Waals surface area (Å²) in [6.07, 6.45) is 0. The second-order valence-corrected chi connectivity index (χ2v) is 7.43. The third-order valence-electron chi connectivity index (χ3n) is 4.82. The summed E-state index contributed by atoms with van der Waals surface area (Å²) in [5, 5.41) is 2.95. The average molecular weight is 389 g/mol. The molecule has 150 valence electrons. The summed E-state index contributed by atoms with van der Waals surface area (Å²) in [7, 11) is 1.65. The van der Waals surface area contributed by atoms with Crippen molar-refractivity contribution in [3.8, 4) is 17.2 Å². The van der Waals surface area contributed by atoms with E-state index in [0.29, 0.717) is 23.0 Å². The number of benzene rings is 3. The molecule has 0 aliphatic heterocycles. The molecule has 0 bridgehead atoms. The number of hydrogen-bond acceptors (Lipinski definition) is 3. The smallest absolute Gasteiger partial charge is 0.255 e. The Kier molecular flexibility index (Phi) is 6.23. The van der Waals surface area contributed by atoms with Gasteiger partial charge in [-0.15, -0.1) is 0 Å². The zero-order chi connectivity index (χ0) is 21.0. The van der Waals surface area contributed by atoms with Gasteiger partial charge in [0.1, 0.15) is 5.75 Å². The predicted molar refractivity (Wildman–Crippen MR) is 117 cm³/mol. The molecule has 3 aromatic rings. The monoisotopic (exact) mass is 389 g/mol. The number of hydrogen-bond donors (Lipinski definition) is 1. The molecule has 1 N–H and O–H groups in total. The summed E-state index contributed by atoms with van der Waals surface area (Å²) in [6.45, 7) is 8.23. The van der Waals surface area contributed by atoms with Crippen LogP contribution in [0.25, 0.3) is 0 Å². The summed E-state index contributed by atoms with van der Waals surface area (Å²) in [5.41, 5.74) is 4.43. The molecule has 0 aliphatic carbocycles. The molecule has 0 spiro atoms. The Labute approximate surface area is 172 Å². The van der Waals surface area contributed by atoms with Gasteiger partial charge in [0.05, 0.1) is 7.11 Å². The van der Waals surface area contributed by atoms with Gasteiger partial charge < -0.3 is 14.8 Å². The van der Waals surface area contributed by atoms with Crippen LogP contribution in [0.1, 0.15) is 46.8 Å². The number of methoxy groups -OCH3 is 1. The number of ether oxygens (including phenoxy) is 2. The first-order chi connectivity index (χ1) is 13.9. The number of aryl methyl sites for hydroxylation is 2. The van der Waals surface area contributed by atoms with Crippen LogP contribution in [-0.2, 0) is 0 Å². The Balaban J connectivity index is 1.84. The molecule has 0 radical (unpaired) electrons. The van der Waals surface area contributed by atoms with Crippen LogP contribution in [-0.4, -0.2) is 13.0 Å². The highest BCUT2D eigenvalue weighted by molar-refractivity contribution is 6.04. The maximum Gasteiger partial charge on any atom is 0.255 e. The standard InChI is InChI=1S/C25H27NO3/c1-16(2)20-11-12-22(23(15-20)28-5)29-24-17(3)13-21(14-18(24)4)26-25(27)19-9-7-6-8-10-19/h6-16H,1-5H3,(H,26,27). The minimum absolute atomic E-state index is 0.135. The molecule has 1 amide bonds. The normalized spacial score (nSPS) is 10.7. The molecule has 4 heteroatoms. The van der Waals surface area contributed by atoms with Crippen LogP contribution in [0.4, 0.5) is 5.69 Å². The van der Waals surface area contributed by atoms with E-state index in [1.165, 1.54) is 5.56 Å². The molecule has 0 unspecified atom stereocenters. The second-order valence-electron chi connectivity index (χ2n) is 7.43. The van der Waals surface area contributed by atoms with E-state index < -0.39 is 0 Å². The third-order valence-corrected chi connectivity index (χ3v) is 4.82. The Bertz CT molecular complexity index is 987. The van der Waals surface area contributed by atoms with Crippen molar-refractivity contribution in [2.24, 2.45) is 0 Å². The number of carbonyl (C=O) groups excluding carboxylic acids is 1. The lowest BCUT2D eigenvalue weighted by atomic mass is 10.0. The van der Waals surface area contributed by atoms with Crippen LogP contribution in [0.2, 0.25) is 0 Å². The highest BCUT2D eigenvalue weighted by atomic mass is 16.5. The van der Waals surface area contributed by atoms with Gasteiger partial charge in [-0.25, -0.2) is 0 Å². The van der Waals surface area contributed by atoms with Crippen molar-refractivity contribution < 1.29 is 14.3 Å². The van der Waals surface area contributed by atoms with Gasteiger partial charge in [0.2, 0.25) is 0 Å². The number of nitrogens with one attached hydrogen (secondary N) is 1. The molecule has 0 aromatic heterocycles. The highest BCUT2D eigenvalue weighted by Crippen LogP contribution is 2.37. The second kappa shape index (κ2) is 8.82. The molecule has 3 rings (SSSR count). The van der Waals surface area contributed by atoms with Crippen molar-refractivity contribution in [1.82, 2.24) is 0 Å². The number of rotatable bonds is 6. The molecule has 0 fully saturated rings. The highest BCUT2D eigenvalue weighted by Gasteiger charge is 2.14. The number of amides is 1. The first-order valence-corrected chi connectivity index (χ1v) is 9.72. The fraction of sp³-hybridized carbons (Fsp3) is 0.240. The van der Waals surface area contributed by atoms with Crippen LogP contribution in [0.5, 0.6) is 17.2 Å². The largest absolute Gasteiger partial charge is 0.493 e. The molecular formula is C25H27NO3. The Hall–Kier alpha value is -3.27. The van der Waals surface area contributed by atoms with Gasteiger partial charge in [-0.05, 0) is 72.9 Å². The lowest BCUT2D eigenvalue weighted by Gasteiger charge is -2.17. The molecular weight excluding hydrogens is 362 g/mol. The van der Waals surface area contributed by atoms with Crippen molar-refractivity contribution in [2.45, 2.75) is 33.6 Å². The topological polar surface area (TPSA) is 47.6 Å². The SMILES string of the molecule is COc1cc(C(C)C)ccc1Oc1c(C)cc(NC(=O)c2ccccc2)cc1C. The first kappa shape index (κ1) is 20.5. The van der Waals surface area contributed by atoms with Crippen molar-refractivity contribution in [3.63, 3.8) is 0 Å². The van der Waals surface area contributed by atoms with Gasteiger partial charge in [-0.2, -0.15) is 0 Å². The van der Waals surface area contributed by atoms with E-state index in [2.05, 4.69) is 25.2 Å². The summed E-state index contributed by atoms with van der Waals surface area (Å²) >= 11 is 0. The molecule has 4 nitrogen and oxygen atoms in total. The minimum atomic E-state index is -0.135. The summed E-state index contributed by atoms with van der Waals surface area (Å²) in [5.74, 6) is 2.41. The lowest BCUT2D eigenvalue weighted by Crippen LogP contribution is -2.12. The van der Waals surface area contributed by atoms with Crippen molar-refractivity contribution in [2.75, 3.05) is 12.4 Å². The van der Waals surface area contributed by atoms with Gasteiger partial charge in [-0.1, -0.05) is 38.1 Å². The zero-order valence-electron chi connectivity index (χ0n) is 17.6. The number of anilines is 1. The molecule has 0 atom stereocenters. The van der Waals surface area contributed by atoms with E-state index in [1.807, 2.05) is 56.3 Å². The van der Waals surface area contributed by atoms with Gasteiger partial charge in [0.15, 0.2) is 11.5 Å². The van der Waals surface area contributed by atoms with Gasteiger partial charge in [-0.3, -0.25) is 4.79 Å². The Morgan fingerprint density at radius 1 is 0.897 bits per heavy atom. The molecule has 0 aliphatic rings. The molecule has 0 heterocycles. The summed E-state index contributed by atoms with van der Waals surface area (Å²) < 4.78 is 11.7. The van der Waals surface area contributed by atoms with Crippen molar-refractivity contribution >= 4 is 11.6 Å². The van der Waals surface area contributed by atoms with E-state index in [0.717, 1.165) is 22.6 Å².